The lowest BCUT2D eigenvalue weighted by molar-refractivity contribution is 0.731. The monoisotopic (exact) mass is 414 g/mol. The van der Waals surface area contributed by atoms with Crippen LogP contribution < -0.4 is 5.56 Å². The number of aromatic nitrogens is 3. The van der Waals surface area contributed by atoms with Crippen LogP contribution in [0.5, 0.6) is 0 Å². The molecule has 5 nitrogen and oxygen atoms in total. The number of aliphatic imine (C=N–C) groups is 1. The first-order chi connectivity index (χ1) is 12.1. The van der Waals surface area contributed by atoms with Crippen LogP contribution in [0.15, 0.2) is 56.7 Å². The zero-order chi connectivity index (χ0) is 17.6. The molecule has 0 bridgehead atoms. The van der Waals surface area contributed by atoms with Gasteiger partial charge in [-0.15, -0.1) is 10.2 Å². The van der Waals surface area contributed by atoms with Crippen molar-refractivity contribution in [2.24, 2.45) is 4.99 Å². The van der Waals surface area contributed by atoms with Gasteiger partial charge < -0.3 is 0 Å². The maximum atomic E-state index is 12.7. The Morgan fingerprint density at radius 1 is 1.12 bits per heavy atom. The fourth-order valence-corrected chi connectivity index (χ4v) is 3.45. The molecule has 2 aromatic carbocycles. The van der Waals surface area contributed by atoms with Crippen LogP contribution >= 0.6 is 27.5 Å². The van der Waals surface area contributed by atoms with Crippen molar-refractivity contribution >= 4 is 33.2 Å². The Morgan fingerprint density at radius 3 is 2.72 bits per heavy atom. The van der Waals surface area contributed by atoms with Gasteiger partial charge in [0.1, 0.15) is 12.2 Å². The van der Waals surface area contributed by atoms with Gasteiger partial charge in [0.15, 0.2) is 5.82 Å². The zero-order valence-electron chi connectivity index (χ0n) is 13.2. The summed E-state index contributed by atoms with van der Waals surface area (Å²) in [6.45, 7) is 1.90. The van der Waals surface area contributed by atoms with Gasteiger partial charge in [-0.1, -0.05) is 45.7 Å². The molecule has 0 unspecified atom stereocenters. The summed E-state index contributed by atoms with van der Waals surface area (Å²) in [6.07, 6.45) is 0. The number of nitrogens with zero attached hydrogens (tertiary/aromatic N) is 4. The summed E-state index contributed by atoms with van der Waals surface area (Å²) in [5, 5.41) is 8.73. The summed E-state index contributed by atoms with van der Waals surface area (Å²) in [5.41, 5.74) is 3.23. The Kier molecular flexibility index (Phi) is 4.01. The molecule has 1 aliphatic heterocycles. The molecule has 0 aliphatic carbocycles. The molecule has 0 atom stereocenters. The topological polar surface area (TPSA) is 60.1 Å². The van der Waals surface area contributed by atoms with Crippen molar-refractivity contribution < 1.29 is 0 Å². The van der Waals surface area contributed by atoms with E-state index in [1.165, 1.54) is 0 Å². The van der Waals surface area contributed by atoms with Crippen molar-refractivity contribution in [2.75, 3.05) is 0 Å². The molecule has 0 radical (unpaired) electrons. The normalized spacial score (nSPS) is 12.8. The predicted octanol–water partition coefficient (Wildman–Crippen LogP) is 3.70. The zero-order valence-corrected chi connectivity index (χ0v) is 15.5. The first-order valence-corrected chi connectivity index (χ1v) is 8.78. The van der Waals surface area contributed by atoms with Crippen LogP contribution in [0.2, 0.25) is 5.02 Å². The fourth-order valence-electron chi connectivity index (χ4n) is 2.86. The number of halogens is 2. The van der Waals surface area contributed by atoms with Gasteiger partial charge in [-0.2, -0.15) is 0 Å². The minimum Gasteiger partial charge on any atom is -0.276 e. The molecule has 1 aliphatic rings. The van der Waals surface area contributed by atoms with Crippen molar-refractivity contribution in [3.63, 3.8) is 0 Å². The molecule has 0 saturated carbocycles. The highest BCUT2D eigenvalue weighted by atomic mass is 79.9. The van der Waals surface area contributed by atoms with E-state index in [1.54, 1.807) is 11.5 Å². The van der Waals surface area contributed by atoms with Crippen LogP contribution in [-0.4, -0.2) is 20.5 Å². The first kappa shape index (κ1) is 16.2. The Morgan fingerprint density at radius 2 is 1.92 bits per heavy atom. The fraction of sp³-hybridized carbons (Fsp3) is 0.111. The largest absolute Gasteiger partial charge is 0.279 e. The first-order valence-electron chi connectivity index (χ1n) is 7.61. The van der Waals surface area contributed by atoms with E-state index in [0.29, 0.717) is 16.5 Å². The Hall–Kier alpha value is -2.31. The number of aryl methyl sites for hydroxylation is 1. The molecular weight excluding hydrogens is 404 g/mol. The van der Waals surface area contributed by atoms with Crippen molar-refractivity contribution in [3.8, 4) is 5.69 Å². The molecule has 7 heteroatoms. The number of fused-ring (bicyclic) bond motifs is 3. The van der Waals surface area contributed by atoms with E-state index in [2.05, 4.69) is 26.1 Å². The van der Waals surface area contributed by atoms with E-state index in [4.69, 9.17) is 16.6 Å². The lowest BCUT2D eigenvalue weighted by atomic mass is 10.0. The van der Waals surface area contributed by atoms with E-state index >= 15 is 0 Å². The summed E-state index contributed by atoms with van der Waals surface area (Å²) >= 11 is 9.90. The van der Waals surface area contributed by atoms with Crippen LogP contribution in [0.25, 0.3) is 5.69 Å². The van der Waals surface area contributed by atoms with Crippen LogP contribution in [0, 0.1) is 6.92 Å². The van der Waals surface area contributed by atoms with Gasteiger partial charge in [-0.3, -0.25) is 14.4 Å². The van der Waals surface area contributed by atoms with E-state index in [-0.39, 0.29) is 12.1 Å². The Bertz CT molecular complexity index is 1090. The second-order valence-corrected chi connectivity index (χ2v) is 6.97. The van der Waals surface area contributed by atoms with Crippen molar-refractivity contribution in [3.05, 3.63) is 85.0 Å². The summed E-state index contributed by atoms with van der Waals surface area (Å²) < 4.78 is 2.47. The predicted molar refractivity (Wildman–Crippen MR) is 101 cm³/mol. The molecule has 3 aromatic rings. The van der Waals surface area contributed by atoms with Crippen molar-refractivity contribution in [1.82, 2.24) is 14.8 Å². The van der Waals surface area contributed by atoms with E-state index in [9.17, 15) is 4.79 Å². The molecule has 0 saturated heterocycles. The summed E-state index contributed by atoms with van der Waals surface area (Å²) in [7, 11) is 0. The summed E-state index contributed by atoms with van der Waals surface area (Å²) in [5.74, 6) is 0.501. The highest BCUT2D eigenvalue weighted by Crippen LogP contribution is 2.28. The smallest absolute Gasteiger partial charge is 0.276 e. The standard InChI is InChI=1S/C18H12BrClN4O/c1-10-18(25)24-15-7-6-11(19)8-13(15)17(21-9-16(24)23-22-10)12-4-2-3-5-14(12)20/h2-8H,9H2,1H3. The molecule has 0 amide bonds. The number of benzene rings is 2. The number of rotatable bonds is 1. The molecule has 0 spiro atoms. The average Bonchev–Trinajstić information content (AvgIpc) is 2.76. The van der Waals surface area contributed by atoms with E-state index < -0.39 is 0 Å². The number of hydrogen-bond acceptors (Lipinski definition) is 4. The highest BCUT2D eigenvalue weighted by molar-refractivity contribution is 9.10. The SMILES string of the molecule is Cc1nnc2n(c1=O)-c1ccc(Br)cc1C(c1ccccc1Cl)=NC2. The number of hydrogen-bond donors (Lipinski definition) is 0. The van der Waals surface area contributed by atoms with Crippen LogP contribution in [0.1, 0.15) is 22.6 Å². The maximum Gasteiger partial charge on any atom is 0.279 e. The maximum absolute atomic E-state index is 12.7. The average molecular weight is 416 g/mol. The van der Waals surface area contributed by atoms with Crippen molar-refractivity contribution in [2.45, 2.75) is 13.5 Å². The summed E-state index contributed by atoms with van der Waals surface area (Å²) in [6, 6.07) is 13.2. The van der Waals surface area contributed by atoms with Gasteiger partial charge in [0, 0.05) is 20.6 Å². The molecule has 4 rings (SSSR count). The highest BCUT2D eigenvalue weighted by Gasteiger charge is 2.22. The van der Waals surface area contributed by atoms with Gasteiger partial charge in [0.2, 0.25) is 0 Å². The van der Waals surface area contributed by atoms with Crippen LogP contribution in [-0.2, 0) is 6.54 Å². The molecule has 0 N–H and O–H groups in total. The lowest BCUT2D eigenvalue weighted by Crippen LogP contribution is -2.27. The molecule has 0 fully saturated rings. The van der Waals surface area contributed by atoms with Gasteiger partial charge in [-0.05, 0) is 31.2 Å². The van der Waals surface area contributed by atoms with Gasteiger partial charge in [0.05, 0.1) is 11.4 Å². The van der Waals surface area contributed by atoms with Crippen LogP contribution in [0.3, 0.4) is 0 Å². The third-order valence-corrected chi connectivity index (χ3v) is 4.87. The molecule has 1 aromatic heterocycles. The minimum atomic E-state index is -0.191. The summed E-state index contributed by atoms with van der Waals surface area (Å²) in [4.78, 5) is 17.4. The third kappa shape index (κ3) is 2.71. The molecule has 25 heavy (non-hydrogen) atoms. The Labute approximate surface area is 157 Å². The second kappa shape index (κ2) is 6.20. The third-order valence-electron chi connectivity index (χ3n) is 4.05. The van der Waals surface area contributed by atoms with Gasteiger partial charge in [0.25, 0.3) is 5.56 Å². The van der Waals surface area contributed by atoms with Gasteiger partial charge in [-0.25, -0.2) is 0 Å². The molecule has 124 valence electrons. The van der Waals surface area contributed by atoms with Crippen molar-refractivity contribution in [1.29, 1.82) is 0 Å². The molecular formula is C18H12BrClN4O. The Balaban J connectivity index is 2.07. The second-order valence-electron chi connectivity index (χ2n) is 5.65. The molecule has 2 heterocycles. The quantitative estimate of drug-likeness (QED) is 0.609. The van der Waals surface area contributed by atoms with Gasteiger partial charge >= 0.3 is 0 Å². The lowest BCUT2D eigenvalue weighted by Gasteiger charge is -2.14. The van der Waals surface area contributed by atoms with E-state index in [1.807, 2.05) is 42.5 Å². The van der Waals surface area contributed by atoms with Crippen LogP contribution in [0.4, 0.5) is 0 Å². The van der Waals surface area contributed by atoms with E-state index in [0.717, 1.165) is 27.0 Å². The minimum absolute atomic E-state index is 0.191.